The van der Waals surface area contributed by atoms with E-state index in [1.807, 2.05) is 27.7 Å². The molecule has 0 unspecified atom stereocenters. The van der Waals surface area contributed by atoms with Gasteiger partial charge in [-0.1, -0.05) is 39.8 Å². The van der Waals surface area contributed by atoms with Gasteiger partial charge >= 0.3 is 12.0 Å². The monoisotopic (exact) mass is 361 g/mol. The fourth-order valence-electron chi connectivity index (χ4n) is 3.15. The van der Waals surface area contributed by atoms with E-state index in [0.717, 1.165) is 0 Å². The smallest absolute Gasteiger partial charge is 0.328 e. The molecule has 0 saturated heterocycles. The molecule has 1 aliphatic rings. The molecular formula is C19H27N3O4. The average Bonchev–Trinajstić information content (AvgIpc) is 2.58. The van der Waals surface area contributed by atoms with Crippen molar-refractivity contribution in [3.63, 3.8) is 0 Å². The third kappa shape index (κ3) is 4.15. The number of para-hydroxylation sites is 2. The van der Waals surface area contributed by atoms with Crippen molar-refractivity contribution in [2.75, 3.05) is 17.3 Å². The maximum atomic E-state index is 13.1. The van der Waals surface area contributed by atoms with Gasteiger partial charge in [-0.2, -0.15) is 0 Å². The molecule has 0 aromatic heterocycles. The molecule has 0 saturated carbocycles. The van der Waals surface area contributed by atoms with E-state index in [2.05, 4.69) is 10.6 Å². The first kappa shape index (κ1) is 19.8. The second kappa shape index (κ2) is 8.21. The quantitative estimate of drug-likeness (QED) is 0.790. The molecule has 26 heavy (non-hydrogen) atoms. The van der Waals surface area contributed by atoms with E-state index in [4.69, 9.17) is 4.74 Å². The van der Waals surface area contributed by atoms with Crippen molar-refractivity contribution in [3.05, 3.63) is 24.3 Å². The first-order chi connectivity index (χ1) is 12.3. The molecule has 7 heteroatoms. The molecule has 3 amide bonds. The number of urea groups is 1. The van der Waals surface area contributed by atoms with Crippen LogP contribution in [0.4, 0.5) is 16.2 Å². The van der Waals surface area contributed by atoms with Gasteiger partial charge in [0.1, 0.15) is 12.1 Å². The molecule has 1 aliphatic heterocycles. The van der Waals surface area contributed by atoms with Gasteiger partial charge < -0.3 is 15.4 Å². The van der Waals surface area contributed by atoms with Gasteiger partial charge in [0.2, 0.25) is 5.91 Å². The highest BCUT2D eigenvalue weighted by molar-refractivity contribution is 6.12. The SMILES string of the molecule is COC(=O)[C@@H](CC(C)C)NC(=O)N1c2ccccc2NC(=O)[C@@H]1C(C)C. The van der Waals surface area contributed by atoms with Gasteiger partial charge in [0, 0.05) is 0 Å². The molecule has 0 aliphatic carbocycles. The second-order valence-electron chi connectivity index (χ2n) is 7.22. The lowest BCUT2D eigenvalue weighted by molar-refractivity contribution is -0.143. The molecule has 0 spiro atoms. The highest BCUT2D eigenvalue weighted by Gasteiger charge is 2.39. The lowest BCUT2D eigenvalue weighted by atomic mass is 9.97. The summed E-state index contributed by atoms with van der Waals surface area (Å²) in [6.07, 6.45) is 0.451. The largest absolute Gasteiger partial charge is 0.467 e. The molecule has 142 valence electrons. The Bertz CT molecular complexity index is 687. The van der Waals surface area contributed by atoms with E-state index in [1.165, 1.54) is 12.0 Å². The van der Waals surface area contributed by atoms with Gasteiger partial charge in [-0.05, 0) is 30.4 Å². The summed E-state index contributed by atoms with van der Waals surface area (Å²) in [5, 5.41) is 5.59. The summed E-state index contributed by atoms with van der Waals surface area (Å²) in [6.45, 7) is 7.68. The first-order valence-electron chi connectivity index (χ1n) is 8.83. The number of fused-ring (bicyclic) bond motifs is 1. The number of nitrogens with zero attached hydrogens (tertiary/aromatic N) is 1. The summed E-state index contributed by atoms with van der Waals surface area (Å²) in [5.74, 6) is -0.650. The van der Waals surface area contributed by atoms with Crippen molar-refractivity contribution in [1.29, 1.82) is 0 Å². The maximum Gasteiger partial charge on any atom is 0.328 e. The Balaban J connectivity index is 2.36. The Hall–Kier alpha value is -2.57. The van der Waals surface area contributed by atoms with Gasteiger partial charge in [0.15, 0.2) is 0 Å². The van der Waals surface area contributed by atoms with Crippen LogP contribution in [0.3, 0.4) is 0 Å². The molecule has 1 aromatic carbocycles. The molecule has 1 aromatic rings. The van der Waals surface area contributed by atoms with Crippen LogP contribution in [-0.2, 0) is 14.3 Å². The van der Waals surface area contributed by atoms with Crippen LogP contribution < -0.4 is 15.5 Å². The normalized spacial score (nSPS) is 17.6. The van der Waals surface area contributed by atoms with Crippen LogP contribution >= 0.6 is 0 Å². The summed E-state index contributed by atoms with van der Waals surface area (Å²) in [6, 6.07) is 5.21. The minimum Gasteiger partial charge on any atom is -0.467 e. The van der Waals surface area contributed by atoms with Crippen LogP contribution in [0.15, 0.2) is 24.3 Å². The Morgan fingerprint density at radius 2 is 1.88 bits per heavy atom. The number of nitrogens with one attached hydrogen (secondary N) is 2. The fraction of sp³-hybridized carbons (Fsp3) is 0.526. The van der Waals surface area contributed by atoms with Crippen molar-refractivity contribution >= 4 is 29.3 Å². The van der Waals surface area contributed by atoms with Crippen molar-refractivity contribution in [3.8, 4) is 0 Å². The molecule has 7 nitrogen and oxygen atoms in total. The molecule has 0 bridgehead atoms. The predicted molar refractivity (Wildman–Crippen MR) is 100.0 cm³/mol. The van der Waals surface area contributed by atoms with E-state index >= 15 is 0 Å². The molecule has 1 heterocycles. The zero-order chi connectivity index (χ0) is 19.4. The summed E-state index contributed by atoms with van der Waals surface area (Å²) in [4.78, 5) is 39.1. The minimum atomic E-state index is -0.766. The summed E-state index contributed by atoms with van der Waals surface area (Å²) >= 11 is 0. The van der Waals surface area contributed by atoms with Crippen LogP contribution in [0.2, 0.25) is 0 Å². The van der Waals surface area contributed by atoms with Crippen molar-refractivity contribution in [2.45, 2.75) is 46.2 Å². The number of hydrogen-bond acceptors (Lipinski definition) is 4. The minimum absolute atomic E-state index is 0.101. The third-order valence-electron chi connectivity index (χ3n) is 4.31. The van der Waals surface area contributed by atoms with E-state index in [-0.39, 0.29) is 17.7 Å². The van der Waals surface area contributed by atoms with Gasteiger partial charge in [0.05, 0.1) is 18.5 Å². The van der Waals surface area contributed by atoms with Crippen molar-refractivity contribution in [1.82, 2.24) is 5.32 Å². The average molecular weight is 361 g/mol. The fourth-order valence-corrected chi connectivity index (χ4v) is 3.15. The zero-order valence-corrected chi connectivity index (χ0v) is 15.9. The van der Waals surface area contributed by atoms with Crippen LogP contribution in [0.5, 0.6) is 0 Å². The van der Waals surface area contributed by atoms with E-state index < -0.39 is 24.1 Å². The lowest BCUT2D eigenvalue weighted by Crippen LogP contribution is -2.58. The number of rotatable bonds is 5. The number of ether oxygens (including phenoxy) is 1. The molecule has 0 radical (unpaired) electrons. The van der Waals surface area contributed by atoms with Gasteiger partial charge in [-0.3, -0.25) is 9.69 Å². The summed E-state index contributed by atoms with van der Waals surface area (Å²) in [7, 11) is 1.29. The second-order valence-corrected chi connectivity index (χ2v) is 7.22. The standard InChI is InChI=1S/C19H27N3O4/c1-11(2)10-14(18(24)26-5)21-19(25)22-15-9-7-6-8-13(15)20-17(23)16(22)12(3)4/h6-9,11-12,14,16H,10H2,1-5H3,(H,20,23)(H,21,25)/t14-,16+/m1/s1. The van der Waals surface area contributed by atoms with Gasteiger partial charge in [0.25, 0.3) is 0 Å². The summed E-state index contributed by atoms with van der Waals surface area (Å²) in [5.41, 5.74) is 1.18. The van der Waals surface area contributed by atoms with Crippen LogP contribution in [0.25, 0.3) is 0 Å². The Morgan fingerprint density at radius 1 is 1.23 bits per heavy atom. The molecule has 2 atom stereocenters. The number of carbonyl (C=O) groups is 3. The molecule has 0 fully saturated rings. The van der Waals surface area contributed by atoms with Gasteiger partial charge in [-0.15, -0.1) is 0 Å². The number of amides is 3. The Morgan fingerprint density at radius 3 is 2.46 bits per heavy atom. The lowest BCUT2D eigenvalue weighted by Gasteiger charge is -2.39. The number of methoxy groups -OCH3 is 1. The highest BCUT2D eigenvalue weighted by atomic mass is 16.5. The third-order valence-corrected chi connectivity index (χ3v) is 4.31. The number of hydrogen-bond donors (Lipinski definition) is 2. The molecular weight excluding hydrogens is 334 g/mol. The Kier molecular flexibility index (Phi) is 6.23. The summed E-state index contributed by atoms with van der Waals surface area (Å²) < 4.78 is 4.81. The van der Waals surface area contributed by atoms with Crippen LogP contribution in [0, 0.1) is 11.8 Å². The molecule has 2 N–H and O–H groups in total. The van der Waals surface area contributed by atoms with E-state index in [1.54, 1.807) is 24.3 Å². The predicted octanol–water partition coefficient (Wildman–Crippen LogP) is 2.77. The Labute approximate surface area is 154 Å². The van der Waals surface area contributed by atoms with Crippen LogP contribution in [-0.4, -0.2) is 37.1 Å². The highest BCUT2D eigenvalue weighted by Crippen LogP contribution is 2.34. The number of carbonyl (C=O) groups excluding carboxylic acids is 3. The first-order valence-corrected chi connectivity index (χ1v) is 8.83. The number of benzene rings is 1. The van der Waals surface area contributed by atoms with Crippen LogP contribution in [0.1, 0.15) is 34.1 Å². The number of anilines is 2. The maximum absolute atomic E-state index is 13.1. The van der Waals surface area contributed by atoms with Gasteiger partial charge in [-0.25, -0.2) is 9.59 Å². The van der Waals surface area contributed by atoms with E-state index in [0.29, 0.717) is 17.8 Å². The van der Waals surface area contributed by atoms with Crippen molar-refractivity contribution < 1.29 is 19.1 Å². The zero-order valence-electron chi connectivity index (χ0n) is 15.9. The number of esters is 1. The van der Waals surface area contributed by atoms with Crippen molar-refractivity contribution in [2.24, 2.45) is 11.8 Å². The molecule has 2 rings (SSSR count). The topological polar surface area (TPSA) is 87.7 Å². The van der Waals surface area contributed by atoms with E-state index in [9.17, 15) is 14.4 Å².